The van der Waals surface area contributed by atoms with Crippen molar-refractivity contribution in [1.82, 2.24) is 9.97 Å². The van der Waals surface area contributed by atoms with Crippen LogP contribution in [-0.2, 0) is 0 Å². The van der Waals surface area contributed by atoms with E-state index in [1.165, 1.54) is 0 Å². The minimum Gasteiger partial charge on any atom is -0.339 e. The molecule has 0 amide bonds. The van der Waals surface area contributed by atoms with Crippen LogP contribution in [0.5, 0.6) is 0 Å². The molecule has 76 valence electrons. The fourth-order valence-corrected chi connectivity index (χ4v) is 1.93. The monoisotopic (exact) mass is 264 g/mol. The molecule has 0 aliphatic heterocycles. The first-order chi connectivity index (χ1) is 7.22. The average Bonchev–Trinajstić information content (AvgIpc) is 2.60. The van der Waals surface area contributed by atoms with Gasteiger partial charge in [0, 0.05) is 15.7 Å². The highest BCUT2D eigenvalue weighted by Crippen LogP contribution is 2.28. The maximum Gasteiger partial charge on any atom is 0.185 e. The van der Waals surface area contributed by atoms with Gasteiger partial charge >= 0.3 is 0 Å². The van der Waals surface area contributed by atoms with Gasteiger partial charge in [0.15, 0.2) is 12.1 Å². The third-order valence-corrected chi connectivity index (χ3v) is 2.84. The van der Waals surface area contributed by atoms with Gasteiger partial charge in [0.05, 0.1) is 5.69 Å². The molecule has 2 aromatic rings. The molecule has 1 aromatic heterocycles. The highest BCUT2D eigenvalue weighted by Gasteiger charge is 2.10. The van der Waals surface area contributed by atoms with Gasteiger partial charge in [-0.1, -0.05) is 34.1 Å². The summed E-state index contributed by atoms with van der Waals surface area (Å²) in [5.41, 5.74) is 2.69. The van der Waals surface area contributed by atoms with E-state index < -0.39 is 0 Å². The van der Waals surface area contributed by atoms with Crippen LogP contribution in [0.15, 0.2) is 28.7 Å². The summed E-state index contributed by atoms with van der Waals surface area (Å²) in [6.45, 7) is 1.90. The molecular formula is C11H9BrN2O. The van der Waals surface area contributed by atoms with Crippen molar-refractivity contribution in [2.24, 2.45) is 0 Å². The fraction of sp³-hybridized carbons (Fsp3) is 0.0909. The van der Waals surface area contributed by atoms with Crippen molar-refractivity contribution in [3.8, 4) is 11.3 Å². The number of rotatable bonds is 2. The standard InChI is InChI=1S/C11H9BrN2O/c1-7-11(14-10(6-15)13-7)8-4-2-3-5-9(8)12/h2-6H,1H3,(H,13,14). The van der Waals surface area contributed by atoms with E-state index in [1.807, 2.05) is 31.2 Å². The molecule has 15 heavy (non-hydrogen) atoms. The number of nitrogens with zero attached hydrogens (tertiary/aromatic N) is 1. The molecule has 1 N–H and O–H groups in total. The number of hydrogen-bond acceptors (Lipinski definition) is 2. The quantitative estimate of drug-likeness (QED) is 0.848. The first kappa shape index (κ1) is 10.1. The van der Waals surface area contributed by atoms with Gasteiger partial charge in [0.2, 0.25) is 0 Å². The molecule has 0 bridgehead atoms. The second kappa shape index (κ2) is 3.98. The van der Waals surface area contributed by atoms with Crippen molar-refractivity contribution >= 4 is 22.2 Å². The molecule has 0 atom stereocenters. The lowest BCUT2D eigenvalue weighted by atomic mass is 10.1. The SMILES string of the molecule is Cc1[nH]c(C=O)nc1-c1ccccc1Br. The summed E-state index contributed by atoms with van der Waals surface area (Å²) in [5.74, 6) is 0.359. The number of aryl methyl sites for hydroxylation is 1. The smallest absolute Gasteiger partial charge is 0.185 e. The molecule has 1 heterocycles. The van der Waals surface area contributed by atoms with E-state index in [-0.39, 0.29) is 0 Å². The van der Waals surface area contributed by atoms with E-state index in [9.17, 15) is 4.79 Å². The van der Waals surface area contributed by atoms with Crippen molar-refractivity contribution in [3.05, 3.63) is 40.3 Å². The molecule has 3 nitrogen and oxygen atoms in total. The lowest BCUT2D eigenvalue weighted by molar-refractivity contribution is 0.111. The topological polar surface area (TPSA) is 45.8 Å². The van der Waals surface area contributed by atoms with Gasteiger partial charge in [0.1, 0.15) is 0 Å². The zero-order valence-electron chi connectivity index (χ0n) is 8.12. The van der Waals surface area contributed by atoms with Crippen LogP contribution in [0.2, 0.25) is 0 Å². The summed E-state index contributed by atoms with van der Waals surface area (Å²) in [6.07, 6.45) is 0.716. The van der Waals surface area contributed by atoms with E-state index in [0.717, 1.165) is 21.4 Å². The molecule has 0 unspecified atom stereocenters. The van der Waals surface area contributed by atoms with Gasteiger partial charge in [-0.15, -0.1) is 0 Å². The Kier molecular flexibility index (Phi) is 2.68. The molecule has 0 saturated heterocycles. The number of aldehydes is 1. The Labute approximate surface area is 95.7 Å². The van der Waals surface area contributed by atoms with Gasteiger partial charge in [0.25, 0.3) is 0 Å². The molecule has 4 heteroatoms. The molecule has 0 spiro atoms. The second-order valence-electron chi connectivity index (χ2n) is 3.19. The number of halogens is 1. The van der Waals surface area contributed by atoms with Crippen molar-refractivity contribution in [1.29, 1.82) is 0 Å². The van der Waals surface area contributed by atoms with Gasteiger partial charge in [-0.25, -0.2) is 4.98 Å². The van der Waals surface area contributed by atoms with Gasteiger partial charge in [-0.2, -0.15) is 0 Å². The van der Waals surface area contributed by atoms with Crippen molar-refractivity contribution in [2.45, 2.75) is 6.92 Å². The van der Waals surface area contributed by atoms with E-state index in [0.29, 0.717) is 12.1 Å². The van der Waals surface area contributed by atoms with Crippen LogP contribution in [0.1, 0.15) is 16.3 Å². The minimum absolute atomic E-state index is 0.359. The lowest BCUT2D eigenvalue weighted by Crippen LogP contribution is -1.83. The number of nitrogens with one attached hydrogen (secondary N) is 1. The summed E-state index contributed by atoms with van der Waals surface area (Å²) < 4.78 is 0.969. The molecule has 0 aliphatic rings. The van der Waals surface area contributed by atoms with Crippen molar-refractivity contribution in [2.75, 3.05) is 0 Å². The summed E-state index contributed by atoms with van der Waals surface area (Å²) in [5, 5.41) is 0. The van der Waals surface area contributed by atoms with E-state index in [2.05, 4.69) is 25.9 Å². The Morgan fingerprint density at radius 1 is 1.40 bits per heavy atom. The number of hydrogen-bond donors (Lipinski definition) is 1. The van der Waals surface area contributed by atoms with Gasteiger partial charge in [-0.05, 0) is 13.0 Å². The molecule has 0 saturated carbocycles. The number of carbonyl (C=O) groups is 1. The maximum absolute atomic E-state index is 10.6. The third kappa shape index (κ3) is 1.85. The van der Waals surface area contributed by atoms with Crippen LogP contribution in [0, 0.1) is 6.92 Å². The Balaban J connectivity index is 2.58. The van der Waals surface area contributed by atoms with Gasteiger partial charge < -0.3 is 4.98 Å². The normalized spacial score (nSPS) is 10.3. The van der Waals surface area contributed by atoms with E-state index >= 15 is 0 Å². The lowest BCUT2D eigenvalue weighted by Gasteiger charge is -2.00. The number of carbonyl (C=O) groups excluding carboxylic acids is 1. The predicted molar refractivity (Wildman–Crippen MR) is 61.8 cm³/mol. The molecular weight excluding hydrogens is 256 g/mol. The summed E-state index contributed by atoms with van der Waals surface area (Å²) in [7, 11) is 0. The number of aromatic amines is 1. The Hall–Kier alpha value is -1.42. The zero-order valence-corrected chi connectivity index (χ0v) is 9.71. The van der Waals surface area contributed by atoms with Crippen LogP contribution in [0.4, 0.5) is 0 Å². The molecule has 0 aliphatic carbocycles. The first-order valence-electron chi connectivity index (χ1n) is 4.49. The number of aromatic nitrogens is 2. The largest absolute Gasteiger partial charge is 0.339 e. The number of H-pyrrole nitrogens is 1. The Morgan fingerprint density at radius 3 is 2.73 bits per heavy atom. The van der Waals surface area contributed by atoms with Crippen LogP contribution in [-0.4, -0.2) is 16.3 Å². The molecule has 0 fully saturated rings. The minimum atomic E-state index is 0.359. The van der Waals surface area contributed by atoms with E-state index in [1.54, 1.807) is 0 Å². The Bertz CT molecular complexity index is 505. The summed E-state index contributed by atoms with van der Waals surface area (Å²) in [4.78, 5) is 17.7. The second-order valence-corrected chi connectivity index (χ2v) is 4.05. The van der Waals surface area contributed by atoms with Crippen molar-refractivity contribution < 1.29 is 4.79 Å². The van der Waals surface area contributed by atoms with Gasteiger partial charge in [-0.3, -0.25) is 4.79 Å². The number of benzene rings is 1. The zero-order chi connectivity index (χ0) is 10.8. The Morgan fingerprint density at radius 2 is 2.13 bits per heavy atom. The summed E-state index contributed by atoms with van der Waals surface area (Å²) in [6, 6.07) is 7.79. The maximum atomic E-state index is 10.6. The fourth-order valence-electron chi connectivity index (χ4n) is 1.45. The molecule has 1 aromatic carbocycles. The van der Waals surface area contributed by atoms with Crippen LogP contribution >= 0.6 is 15.9 Å². The number of imidazole rings is 1. The third-order valence-electron chi connectivity index (χ3n) is 2.14. The molecule has 2 rings (SSSR count). The highest BCUT2D eigenvalue weighted by molar-refractivity contribution is 9.10. The summed E-state index contributed by atoms with van der Waals surface area (Å²) >= 11 is 3.46. The van der Waals surface area contributed by atoms with Crippen LogP contribution < -0.4 is 0 Å². The van der Waals surface area contributed by atoms with E-state index in [4.69, 9.17) is 0 Å². The van der Waals surface area contributed by atoms with Crippen LogP contribution in [0.3, 0.4) is 0 Å². The molecule has 0 radical (unpaired) electrons. The van der Waals surface area contributed by atoms with Crippen LogP contribution in [0.25, 0.3) is 11.3 Å². The first-order valence-corrected chi connectivity index (χ1v) is 5.28. The predicted octanol–water partition coefficient (Wildman–Crippen LogP) is 2.96. The van der Waals surface area contributed by atoms with Crippen molar-refractivity contribution in [3.63, 3.8) is 0 Å². The highest BCUT2D eigenvalue weighted by atomic mass is 79.9. The average molecular weight is 265 g/mol.